The van der Waals surface area contributed by atoms with Gasteiger partial charge in [-0.25, -0.2) is 0 Å². The van der Waals surface area contributed by atoms with Gasteiger partial charge in [0.2, 0.25) is 5.91 Å². The zero-order valence-corrected chi connectivity index (χ0v) is 17.3. The Hall–Kier alpha value is -0.530. The zero-order chi connectivity index (χ0) is 16.2. The van der Waals surface area contributed by atoms with E-state index in [1.807, 2.05) is 0 Å². The van der Waals surface area contributed by atoms with Crippen molar-refractivity contribution in [1.29, 1.82) is 0 Å². The topological polar surface area (TPSA) is 65.5 Å². The number of hydrogen-bond acceptors (Lipinski definition) is 2. The molecule has 136 valence electrons. The van der Waals surface area contributed by atoms with E-state index < -0.39 is 0 Å². The van der Waals surface area contributed by atoms with Crippen LogP contribution in [0.3, 0.4) is 0 Å². The summed E-state index contributed by atoms with van der Waals surface area (Å²) in [4.78, 5) is 16.1. The van der Waals surface area contributed by atoms with Crippen LogP contribution in [0.15, 0.2) is 4.99 Å². The molecule has 1 rings (SSSR count). The first-order valence-electron chi connectivity index (χ1n) is 8.92. The van der Waals surface area contributed by atoms with Crippen LogP contribution in [0.4, 0.5) is 0 Å². The SMILES string of the molecule is CCCCCC(C)NC(=NC)NCCC(=O)NC1CCCC1.I. The number of carbonyl (C=O) groups is 1. The predicted molar refractivity (Wildman–Crippen MR) is 109 cm³/mol. The van der Waals surface area contributed by atoms with Gasteiger partial charge in [-0.15, -0.1) is 24.0 Å². The van der Waals surface area contributed by atoms with Gasteiger partial charge < -0.3 is 16.0 Å². The molecule has 23 heavy (non-hydrogen) atoms. The quantitative estimate of drug-likeness (QED) is 0.224. The van der Waals surface area contributed by atoms with Gasteiger partial charge in [-0.3, -0.25) is 9.79 Å². The van der Waals surface area contributed by atoms with E-state index in [0.717, 1.165) is 25.2 Å². The van der Waals surface area contributed by atoms with Gasteiger partial charge in [0.25, 0.3) is 0 Å². The van der Waals surface area contributed by atoms with Crippen molar-refractivity contribution in [2.75, 3.05) is 13.6 Å². The van der Waals surface area contributed by atoms with Crippen LogP contribution in [0, 0.1) is 0 Å². The third-order valence-electron chi connectivity index (χ3n) is 4.21. The predicted octanol–water partition coefficient (Wildman–Crippen LogP) is 3.19. The summed E-state index contributed by atoms with van der Waals surface area (Å²) in [7, 11) is 1.77. The minimum atomic E-state index is 0. The Bertz CT molecular complexity index is 343. The molecule has 0 spiro atoms. The van der Waals surface area contributed by atoms with Crippen molar-refractivity contribution >= 4 is 35.8 Å². The summed E-state index contributed by atoms with van der Waals surface area (Å²) in [5.74, 6) is 0.934. The van der Waals surface area contributed by atoms with Crippen LogP contribution in [-0.2, 0) is 4.79 Å². The van der Waals surface area contributed by atoms with Gasteiger partial charge in [0.1, 0.15) is 0 Å². The number of nitrogens with zero attached hydrogens (tertiary/aromatic N) is 1. The molecule has 0 saturated heterocycles. The summed E-state index contributed by atoms with van der Waals surface area (Å²) < 4.78 is 0. The molecular formula is C17H35IN4O. The number of halogens is 1. The third-order valence-corrected chi connectivity index (χ3v) is 4.21. The van der Waals surface area contributed by atoms with Gasteiger partial charge in [-0.05, 0) is 26.2 Å². The summed E-state index contributed by atoms with van der Waals surface area (Å²) in [6.07, 6.45) is 10.2. The Morgan fingerprint density at radius 1 is 1.26 bits per heavy atom. The molecule has 0 bridgehead atoms. The number of hydrogen-bond donors (Lipinski definition) is 3. The number of carbonyl (C=O) groups excluding carboxylic acids is 1. The van der Waals surface area contributed by atoms with Gasteiger partial charge in [-0.1, -0.05) is 39.0 Å². The number of aliphatic imine (C=N–C) groups is 1. The molecule has 1 amide bonds. The van der Waals surface area contributed by atoms with Crippen molar-refractivity contribution in [3.63, 3.8) is 0 Å². The van der Waals surface area contributed by atoms with Crippen LogP contribution in [0.5, 0.6) is 0 Å². The highest BCUT2D eigenvalue weighted by Crippen LogP contribution is 2.17. The first-order valence-corrected chi connectivity index (χ1v) is 8.92. The fourth-order valence-corrected chi connectivity index (χ4v) is 2.87. The number of nitrogens with one attached hydrogen (secondary N) is 3. The molecule has 1 aliphatic rings. The average molecular weight is 438 g/mol. The standard InChI is InChI=1S/C17H34N4O.HI/c1-4-5-6-9-14(2)20-17(18-3)19-13-12-16(22)21-15-10-7-8-11-15;/h14-15H,4-13H2,1-3H3,(H,21,22)(H2,18,19,20);1H. The van der Waals surface area contributed by atoms with Crippen LogP contribution in [0.1, 0.15) is 71.6 Å². The summed E-state index contributed by atoms with van der Waals surface area (Å²) >= 11 is 0. The highest BCUT2D eigenvalue weighted by Gasteiger charge is 2.16. The number of rotatable bonds is 9. The molecule has 0 aromatic carbocycles. The summed E-state index contributed by atoms with van der Waals surface area (Å²) in [6, 6.07) is 0.814. The Labute approximate surface area is 158 Å². The van der Waals surface area contributed by atoms with Crippen LogP contribution in [0.25, 0.3) is 0 Å². The van der Waals surface area contributed by atoms with E-state index in [2.05, 4.69) is 34.8 Å². The van der Waals surface area contributed by atoms with E-state index in [-0.39, 0.29) is 29.9 Å². The maximum Gasteiger partial charge on any atom is 0.221 e. The molecule has 6 heteroatoms. The molecular weight excluding hydrogens is 403 g/mol. The first-order chi connectivity index (χ1) is 10.7. The summed E-state index contributed by atoms with van der Waals surface area (Å²) in [5, 5.41) is 9.71. The van der Waals surface area contributed by atoms with E-state index in [4.69, 9.17) is 0 Å². The van der Waals surface area contributed by atoms with Crippen molar-refractivity contribution in [3.05, 3.63) is 0 Å². The van der Waals surface area contributed by atoms with Gasteiger partial charge >= 0.3 is 0 Å². The van der Waals surface area contributed by atoms with Crippen molar-refractivity contribution < 1.29 is 4.79 Å². The van der Waals surface area contributed by atoms with E-state index in [1.165, 1.54) is 32.1 Å². The molecule has 3 N–H and O–H groups in total. The smallest absolute Gasteiger partial charge is 0.221 e. The number of amides is 1. The van der Waals surface area contributed by atoms with Gasteiger partial charge in [0.15, 0.2) is 5.96 Å². The van der Waals surface area contributed by atoms with Crippen molar-refractivity contribution in [2.45, 2.75) is 83.7 Å². The fraction of sp³-hybridized carbons (Fsp3) is 0.882. The lowest BCUT2D eigenvalue weighted by molar-refractivity contribution is -0.121. The molecule has 1 saturated carbocycles. The molecule has 1 aliphatic carbocycles. The minimum Gasteiger partial charge on any atom is -0.356 e. The second-order valence-electron chi connectivity index (χ2n) is 6.34. The summed E-state index contributed by atoms with van der Waals surface area (Å²) in [5.41, 5.74) is 0. The molecule has 0 aromatic rings. The van der Waals surface area contributed by atoms with E-state index in [1.54, 1.807) is 7.05 Å². The van der Waals surface area contributed by atoms with Crippen LogP contribution >= 0.6 is 24.0 Å². The molecule has 1 atom stereocenters. The number of unbranched alkanes of at least 4 members (excludes halogenated alkanes) is 2. The maximum atomic E-state index is 11.9. The molecule has 1 unspecified atom stereocenters. The van der Waals surface area contributed by atoms with Crippen LogP contribution in [-0.4, -0.2) is 37.5 Å². The molecule has 0 aromatic heterocycles. The first kappa shape index (κ1) is 22.5. The third kappa shape index (κ3) is 10.8. The Kier molecular flexibility index (Phi) is 13.5. The van der Waals surface area contributed by atoms with Crippen molar-refractivity contribution in [2.24, 2.45) is 4.99 Å². The lowest BCUT2D eigenvalue weighted by atomic mass is 10.1. The fourth-order valence-electron chi connectivity index (χ4n) is 2.87. The minimum absolute atomic E-state index is 0. The maximum absolute atomic E-state index is 11.9. The average Bonchev–Trinajstić information content (AvgIpc) is 2.99. The van der Waals surface area contributed by atoms with E-state index in [0.29, 0.717) is 25.0 Å². The molecule has 1 fully saturated rings. The molecule has 5 nitrogen and oxygen atoms in total. The second-order valence-corrected chi connectivity index (χ2v) is 6.34. The normalized spacial score (nSPS) is 16.6. The highest BCUT2D eigenvalue weighted by atomic mass is 127. The summed E-state index contributed by atoms with van der Waals surface area (Å²) in [6.45, 7) is 5.02. The molecule has 0 radical (unpaired) electrons. The van der Waals surface area contributed by atoms with Crippen LogP contribution in [0.2, 0.25) is 0 Å². The van der Waals surface area contributed by atoms with Gasteiger partial charge in [-0.2, -0.15) is 0 Å². The van der Waals surface area contributed by atoms with E-state index in [9.17, 15) is 4.79 Å². The van der Waals surface area contributed by atoms with Crippen molar-refractivity contribution in [3.8, 4) is 0 Å². The molecule has 0 aliphatic heterocycles. The molecule has 0 heterocycles. The largest absolute Gasteiger partial charge is 0.356 e. The van der Waals surface area contributed by atoms with Gasteiger partial charge in [0, 0.05) is 32.1 Å². The lowest BCUT2D eigenvalue weighted by Crippen LogP contribution is -2.43. The highest BCUT2D eigenvalue weighted by molar-refractivity contribution is 14.0. The van der Waals surface area contributed by atoms with Crippen LogP contribution < -0.4 is 16.0 Å². The zero-order valence-electron chi connectivity index (χ0n) is 15.0. The number of guanidine groups is 1. The van der Waals surface area contributed by atoms with Crippen molar-refractivity contribution in [1.82, 2.24) is 16.0 Å². The Balaban J connectivity index is 0.00000484. The van der Waals surface area contributed by atoms with Gasteiger partial charge in [0.05, 0.1) is 0 Å². The monoisotopic (exact) mass is 438 g/mol. The Morgan fingerprint density at radius 2 is 1.96 bits per heavy atom. The Morgan fingerprint density at radius 3 is 2.57 bits per heavy atom. The van der Waals surface area contributed by atoms with E-state index >= 15 is 0 Å². The second kappa shape index (κ2) is 13.9. The lowest BCUT2D eigenvalue weighted by Gasteiger charge is -2.18.